The zero-order chi connectivity index (χ0) is 13.7. The highest BCUT2D eigenvalue weighted by atomic mass is 16.3. The van der Waals surface area contributed by atoms with E-state index in [1.165, 1.54) is 6.42 Å². The zero-order valence-corrected chi connectivity index (χ0v) is 12.2. The largest absolute Gasteiger partial charge is 0.394 e. The number of carbonyl (C=O) groups excluding carboxylic acids is 1. The van der Waals surface area contributed by atoms with E-state index in [0.717, 1.165) is 51.5 Å². The lowest BCUT2D eigenvalue weighted by molar-refractivity contribution is -0.134. The molecule has 4 nitrogen and oxygen atoms in total. The van der Waals surface area contributed by atoms with Crippen molar-refractivity contribution in [3.8, 4) is 0 Å². The zero-order valence-electron chi connectivity index (χ0n) is 12.2. The number of nitrogens with one attached hydrogen (secondary N) is 1. The first-order valence-electron chi connectivity index (χ1n) is 7.86. The lowest BCUT2D eigenvalue weighted by Gasteiger charge is -2.36. The second-order valence-corrected chi connectivity index (χ2v) is 6.14. The number of likely N-dealkylation sites (tertiary alicyclic amines) is 1. The summed E-state index contributed by atoms with van der Waals surface area (Å²) in [7, 11) is 0. The minimum Gasteiger partial charge on any atom is -0.394 e. The molecule has 2 aliphatic rings. The first-order valence-corrected chi connectivity index (χ1v) is 7.86. The van der Waals surface area contributed by atoms with Crippen molar-refractivity contribution < 1.29 is 9.90 Å². The third kappa shape index (κ3) is 3.48. The molecule has 19 heavy (non-hydrogen) atoms. The molecule has 0 aromatic rings. The Kier molecular flexibility index (Phi) is 5.22. The summed E-state index contributed by atoms with van der Waals surface area (Å²) in [5.41, 5.74) is -0.187. The number of nitrogens with zero attached hydrogens (tertiary/aromatic N) is 1. The number of aliphatic hydroxyl groups excluding tert-OH is 1. The Morgan fingerprint density at radius 1 is 1.32 bits per heavy atom. The lowest BCUT2D eigenvalue weighted by atomic mass is 9.98. The standard InChI is InChI=1S/C15H28N2O2/c1-2-13-7-3-6-10-17(13)14(19)11-16-15(12-18)8-4-5-9-15/h13,16,18H,2-12H2,1H3. The first-order chi connectivity index (χ1) is 9.21. The summed E-state index contributed by atoms with van der Waals surface area (Å²) in [6.45, 7) is 3.61. The van der Waals surface area contributed by atoms with Gasteiger partial charge in [-0.2, -0.15) is 0 Å². The third-order valence-electron chi connectivity index (χ3n) is 4.90. The molecule has 0 radical (unpaired) electrons. The van der Waals surface area contributed by atoms with Crippen molar-refractivity contribution in [2.24, 2.45) is 0 Å². The highest BCUT2D eigenvalue weighted by Crippen LogP contribution is 2.29. The van der Waals surface area contributed by atoms with Crippen LogP contribution in [0.15, 0.2) is 0 Å². The fraction of sp³-hybridized carbons (Fsp3) is 0.933. The maximum atomic E-state index is 12.4. The van der Waals surface area contributed by atoms with Crippen LogP contribution in [0, 0.1) is 0 Å². The van der Waals surface area contributed by atoms with Crippen molar-refractivity contribution in [3.63, 3.8) is 0 Å². The van der Waals surface area contributed by atoms with Gasteiger partial charge in [0.15, 0.2) is 0 Å². The molecule has 110 valence electrons. The Labute approximate surface area is 116 Å². The van der Waals surface area contributed by atoms with Crippen LogP contribution in [-0.4, -0.2) is 47.2 Å². The Morgan fingerprint density at radius 3 is 2.68 bits per heavy atom. The minimum absolute atomic E-state index is 0.150. The Balaban J connectivity index is 1.86. The normalized spacial score (nSPS) is 26.6. The number of carbonyl (C=O) groups is 1. The average molecular weight is 268 g/mol. The van der Waals surface area contributed by atoms with Gasteiger partial charge in [-0.15, -0.1) is 0 Å². The molecule has 2 rings (SSSR count). The topological polar surface area (TPSA) is 52.6 Å². The van der Waals surface area contributed by atoms with Gasteiger partial charge < -0.3 is 15.3 Å². The first kappa shape index (κ1) is 14.8. The van der Waals surface area contributed by atoms with Crippen LogP contribution in [0.3, 0.4) is 0 Å². The predicted molar refractivity (Wildman–Crippen MR) is 75.9 cm³/mol. The molecule has 2 N–H and O–H groups in total. The van der Waals surface area contributed by atoms with E-state index in [1.54, 1.807) is 0 Å². The van der Waals surface area contributed by atoms with E-state index >= 15 is 0 Å². The van der Waals surface area contributed by atoms with E-state index in [2.05, 4.69) is 17.1 Å². The van der Waals surface area contributed by atoms with Gasteiger partial charge in [-0.05, 0) is 38.5 Å². The van der Waals surface area contributed by atoms with Crippen molar-refractivity contribution in [2.45, 2.75) is 69.9 Å². The second-order valence-electron chi connectivity index (χ2n) is 6.14. The highest BCUT2D eigenvalue weighted by Gasteiger charge is 2.34. The summed E-state index contributed by atoms with van der Waals surface area (Å²) in [5, 5.41) is 12.9. The van der Waals surface area contributed by atoms with Gasteiger partial charge in [0.1, 0.15) is 0 Å². The molecule has 1 aliphatic carbocycles. The van der Waals surface area contributed by atoms with Crippen LogP contribution in [0.1, 0.15) is 58.3 Å². The van der Waals surface area contributed by atoms with Crippen LogP contribution in [0.25, 0.3) is 0 Å². The second kappa shape index (κ2) is 6.71. The van der Waals surface area contributed by atoms with Gasteiger partial charge in [0.05, 0.1) is 13.2 Å². The molecule has 1 aliphatic heterocycles. The maximum Gasteiger partial charge on any atom is 0.236 e. The summed E-state index contributed by atoms with van der Waals surface area (Å²) in [4.78, 5) is 14.4. The van der Waals surface area contributed by atoms with Crippen LogP contribution >= 0.6 is 0 Å². The molecular weight excluding hydrogens is 240 g/mol. The molecule has 2 fully saturated rings. The molecule has 0 bridgehead atoms. The van der Waals surface area contributed by atoms with Crippen LogP contribution in [-0.2, 0) is 4.79 Å². The SMILES string of the molecule is CCC1CCCCN1C(=O)CNC1(CO)CCCC1. The molecule has 1 saturated carbocycles. The maximum absolute atomic E-state index is 12.4. The molecule has 1 saturated heterocycles. The average Bonchev–Trinajstić information content (AvgIpc) is 2.94. The minimum atomic E-state index is -0.187. The summed E-state index contributed by atoms with van der Waals surface area (Å²) >= 11 is 0. The Hall–Kier alpha value is -0.610. The van der Waals surface area contributed by atoms with Crippen LogP contribution in [0.4, 0.5) is 0 Å². The molecule has 1 atom stereocenters. The van der Waals surface area contributed by atoms with Crippen molar-refractivity contribution >= 4 is 5.91 Å². The fourth-order valence-electron chi connectivity index (χ4n) is 3.56. The molecule has 1 amide bonds. The summed E-state index contributed by atoms with van der Waals surface area (Å²) in [5.74, 6) is 0.214. The monoisotopic (exact) mass is 268 g/mol. The smallest absolute Gasteiger partial charge is 0.236 e. The number of rotatable bonds is 5. The quantitative estimate of drug-likeness (QED) is 0.797. The molecule has 1 heterocycles. The number of piperidine rings is 1. The van der Waals surface area contributed by atoms with Crippen molar-refractivity contribution in [2.75, 3.05) is 19.7 Å². The van der Waals surface area contributed by atoms with E-state index < -0.39 is 0 Å². The van der Waals surface area contributed by atoms with Crippen LogP contribution in [0.5, 0.6) is 0 Å². The molecule has 0 aromatic carbocycles. The van der Waals surface area contributed by atoms with Gasteiger partial charge in [0.2, 0.25) is 5.91 Å². The molecule has 1 unspecified atom stereocenters. The molecule has 0 spiro atoms. The number of hydrogen-bond acceptors (Lipinski definition) is 3. The van der Waals surface area contributed by atoms with Gasteiger partial charge in [-0.1, -0.05) is 19.8 Å². The number of hydrogen-bond donors (Lipinski definition) is 2. The summed E-state index contributed by atoms with van der Waals surface area (Å²) in [6, 6.07) is 0.428. The predicted octanol–water partition coefficient (Wildman–Crippen LogP) is 1.67. The van der Waals surface area contributed by atoms with Crippen LogP contribution < -0.4 is 5.32 Å². The Morgan fingerprint density at radius 2 is 2.05 bits per heavy atom. The van der Waals surface area contributed by atoms with Gasteiger partial charge in [-0.3, -0.25) is 4.79 Å². The summed E-state index contributed by atoms with van der Waals surface area (Å²) < 4.78 is 0. The van der Waals surface area contributed by atoms with Gasteiger partial charge in [0, 0.05) is 18.1 Å². The van der Waals surface area contributed by atoms with Crippen molar-refractivity contribution in [3.05, 3.63) is 0 Å². The third-order valence-corrected chi connectivity index (χ3v) is 4.90. The Bertz CT molecular complexity index is 301. The number of aliphatic hydroxyl groups is 1. The molecule has 4 heteroatoms. The van der Waals surface area contributed by atoms with E-state index in [9.17, 15) is 9.90 Å². The summed E-state index contributed by atoms with van der Waals surface area (Å²) in [6.07, 6.45) is 8.88. The van der Waals surface area contributed by atoms with Gasteiger partial charge in [0.25, 0.3) is 0 Å². The molecule has 0 aromatic heterocycles. The van der Waals surface area contributed by atoms with Crippen LogP contribution in [0.2, 0.25) is 0 Å². The van der Waals surface area contributed by atoms with E-state index in [4.69, 9.17) is 0 Å². The van der Waals surface area contributed by atoms with E-state index in [-0.39, 0.29) is 18.1 Å². The lowest BCUT2D eigenvalue weighted by Crippen LogP contribution is -2.53. The van der Waals surface area contributed by atoms with E-state index in [0.29, 0.717) is 12.6 Å². The van der Waals surface area contributed by atoms with Crippen molar-refractivity contribution in [1.82, 2.24) is 10.2 Å². The highest BCUT2D eigenvalue weighted by molar-refractivity contribution is 5.78. The number of amides is 1. The van der Waals surface area contributed by atoms with Gasteiger partial charge in [-0.25, -0.2) is 0 Å². The molecular formula is C15H28N2O2. The van der Waals surface area contributed by atoms with Crippen molar-refractivity contribution in [1.29, 1.82) is 0 Å². The fourth-order valence-corrected chi connectivity index (χ4v) is 3.56. The van der Waals surface area contributed by atoms with E-state index in [1.807, 2.05) is 0 Å². The van der Waals surface area contributed by atoms with Gasteiger partial charge >= 0.3 is 0 Å².